The summed E-state index contributed by atoms with van der Waals surface area (Å²) in [4.78, 5) is 10.7. The first-order valence-electron chi connectivity index (χ1n) is 4.20. The van der Waals surface area contributed by atoms with Gasteiger partial charge in [-0.15, -0.1) is 11.8 Å². The third-order valence-electron chi connectivity index (χ3n) is 1.68. The number of hydrogen-bond donors (Lipinski definition) is 2. The lowest BCUT2D eigenvalue weighted by Gasteiger charge is -2.14. The zero-order chi connectivity index (χ0) is 9.56. The maximum absolute atomic E-state index is 10.7. The van der Waals surface area contributed by atoms with E-state index in [9.17, 15) is 4.79 Å². The van der Waals surface area contributed by atoms with E-state index < -0.39 is 5.97 Å². The fourth-order valence-electron chi connectivity index (χ4n) is 0.778. The van der Waals surface area contributed by atoms with Crippen LogP contribution in [0, 0.1) is 0 Å². The lowest BCUT2D eigenvalue weighted by Crippen LogP contribution is -2.22. The zero-order valence-electron chi connectivity index (χ0n) is 7.62. The summed E-state index contributed by atoms with van der Waals surface area (Å²) >= 11 is 1.50. The standard InChI is InChI=1S/C8H17NO2S/c1-3-6(2)12-7(4-5-9)8(10)11/h6-7H,3-5,9H2,1-2H3,(H,10,11). The second-order valence-electron chi connectivity index (χ2n) is 2.76. The molecule has 0 aromatic carbocycles. The second kappa shape index (κ2) is 6.31. The summed E-state index contributed by atoms with van der Waals surface area (Å²) < 4.78 is 0. The van der Waals surface area contributed by atoms with Crippen molar-refractivity contribution in [3.8, 4) is 0 Å². The van der Waals surface area contributed by atoms with Gasteiger partial charge in [0, 0.05) is 5.25 Å². The molecule has 0 rings (SSSR count). The van der Waals surface area contributed by atoms with Crippen LogP contribution in [-0.2, 0) is 4.79 Å². The molecule has 4 heteroatoms. The van der Waals surface area contributed by atoms with Gasteiger partial charge in [-0.1, -0.05) is 13.8 Å². The van der Waals surface area contributed by atoms with Crippen LogP contribution in [0.1, 0.15) is 26.7 Å². The Morgan fingerprint density at radius 1 is 1.67 bits per heavy atom. The molecule has 0 spiro atoms. The van der Waals surface area contributed by atoms with Crippen LogP contribution in [0.25, 0.3) is 0 Å². The molecule has 0 bridgehead atoms. The Hall–Kier alpha value is -0.220. The summed E-state index contributed by atoms with van der Waals surface area (Å²) in [5, 5.41) is 8.84. The van der Waals surface area contributed by atoms with Crippen molar-refractivity contribution in [2.24, 2.45) is 5.73 Å². The van der Waals surface area contributed by atoms with Crippen molar-refractivity contribution in [1.82, 2.24) is 0 Å². The number of hydrogen-bond acceptors (Lipinski definition) is 3. The molecule has 2 atom stereocenters. The average molecular weight is 191 g/mol. The summed E-state index contributed by atoms with van der Waals surface area (Å²) in [5.41, 5.74) is 5.31. The van der Waals surface area contributed by atoms with Gasteiger partial charge in [0.15, 0.2) is 0 Å². The number of nitrogens with two attached hydrogens (primary N) is 1. The molecule has 0 aliphatic carbocycles. The fraction of sp³-hybridized carbons (Fsp3) is 0.875. The highest BCUT2D eigenvalue weighted by atomic mass is 32.2. The quantitative estimate of drug-likeness (QED) is 0.664. The van der Waals surface area contributed by atoms with Crippen LogP contribution < -0.4 is 5.73 Å². The van der Waals surface area contributed by atoms with Gasteiger partial charge in [0.25, 0.3) is 0 Å². The van der Waals surface area contributed by atoms with Gasteiger partial charge in [-0.05, 0) is 19.4 Å². The van der Waals surface area contributed by atoms with Crippen molar-refractivity contribution in [2.45, 2.75) is 37.2 Å². The minimum absolute atomic E-state index is 0.329. The minimum Gasteiger partial charge on any atom is -0.480 e. The van der Waals surface area contributed by atoms with E-state index in [1.807, 2.05) is 6.92 Å². The van der Waals surface area contributed by atoms with E-state index in [1.165, 1.54) is 11.8 Å². The van der Waals surface area contributed by atoms with Crippen LogP contribution in [0.5, 0.6) is 0 Å². The number of rotatable bonds is 6. The maximum Gasteiger partial charge on any atom is 0.316 e. The van der Waals surface area contributed by atoms with Gasteiger partial charge in [0.05, 0.1) is 0 Å². The van der Waals surface area contributed by atoms with Crippen molar-refractivity contribution in [1.29, 1.82) is 0 Å². The molecule has 0 aromatic rings. The van der Waals surface area contributed by atoms with E-state index in [-0.39, 0.29) is 5.25 Å². The molecule has 0 radical (unpaired) electrons. The second-order valence-corrected chi connectivity index (χ2v) is 4.41. The smallest absolute Gasteiger partial charge is 0.316 e. The molecule has 12 heavy (non-hydrogen) atoms. The highest BCUT2D eigenvalue weighted by molar-refractivity contribution is 8.01. The van der Waals surface area contributed by atoms with Crippen LogP contribution in [0.4, 0.5) is 0 Å². The van der Waals surface area contributed by atoms with E-state index in [1.54, 1.807) is 0 Å². The molecule has 0 saturated heterocycles. The molecule has 0 fully saturated rings. The third-order valence-corrected chi connectivity index (χ3v) is 3.24. The Morgan fingerprint density at radius 2 is 2.25 bits per heavy atom. The van der Waals surface area contributed by atoms with Crippen LogP contribution in [0.2, 0.25) is 0 Å². The molecule has 0 aliphatic heterocycles. The van der Waals surface area contributed by atoms with Crippen LogP contribution in [0.3, 0.4) is 0 Å². The summed E-state index contributed by atoms with van der Waals surface area (Å²) in [6.45, 7) is 4.54. The molecule has 0 amide bonds. The van der Waals surface area contributed by atoms with E-state index in [0.717, 1.165) is 6.42 Å². The van der Waals surface area contributed by atoms with Gasteiger partial charge in [-0.2, -0.15) is 0 Å². The third kappa shape index (κ3) is 4.62. The number of aliphatic carboxylic acids is 1. The van der Waals surface area contributed by atoms with E-state index in [0.29, 0.717) is 18.2 Å². The Balaban J connectivity index is 3.86. The minimum atomic E-state index is -0.745. The average Bonchev–Trinajstić information content (AvgIpc) is 2.03. The first-order chi connectivity index (χ1) is 5.61. The topological polar surface area (TPSA) is 63.3 Å². The van der Waals surface area contributed by atoms with Crippen molar-refractivity contribution in [3.63, 3.8) is 0 Å². The largest absolute Gasteiger partial charge is 0.480 e. The number of thioether (sulfide) groups is 1. The van der Waals surface area contributed by atoms with Crippen molar-refractivity contribution in [3.05, 3.63) is 0 Å². The highest BCUT2D eigenvalue weighted by Crippen LogP contribution is 2.22. The highest BCUT2D eigenvalue weighted by Gasteiger charge is 2.18. The molecular formula is C8H17NO2S. The SMILES string of the molecule is CCC(C)SC(CCN)C(=O)O. The lowest BCUT2D eigenvalue weighted by atomic mass is 10.3. The van der Waals surface area contributed by atoms with Crippen LogP contribution in [0.15, 0.2) is 0 Å². The molecule has 3 nitrogen and oxygen atoms in total. The van der Waals surface area contributed by atoms with Gasteiger partial charge in [0.1, 0.15) is 5.25 Å². The molecule has 2 unspecified atom stereocenters. The molecule has 0 saturated carbocycles. The molecule has 0 aromatic heterocycles. The summed E-state index contributed by atoms with van der Waals surface area (Å²) in [6.07, 6.45) is 1.56. The van der Waals surface area contributed by atoms with Crippen LogP contribution >= 0.6 is 11.8 Å². The molecule has 72 valence electrons. The Labute approximate surface area is 77.7 Å². The Morgan fingerprint density at radius 3 is 2.58 bits per heavy atom. The molecule has 0 heterocycles. The van der Waals surface area contributed by atoms with Crippen LogP contribution in [-0.4, -0.2) is 28.1 Å². The molecule has 0 aliphatic rings. The molecule has 3 N–H and O–H groups in total. The molecular weight excluding hydrogens is 174 g/mol. The number of carboxylic acids is 1. The van der Waals surface area contributed by atoms with E-state index in [4.69, 9.17) is 10.8 Å². The monoisotopic (exact) mass is 191 g/mol. The predicted molar refractivity (Wildman–Crippen MR) is 52.4 cm³/mol. The van der Waals surface area contributed by atoms with Crippen molar-refractivity contribution in [2.75, 3.05) is 6.54 Å². The van der Waals surface area contributed by atoms with E-state index in [2.05, 4.69) is 6.92 Å². The first-order valence-corrected chi connectivity index (χ1v) is 5.14. The van der Waals surface area contributed by atoms with E-state index >= 15 is 0 Å². The fourth-order valence-corrected chi connectivity index (χ4v) is 1.92. The summed E-state index contributed by atoms with van der Waals surface area (Å²) in [5.74, 6) is -0.745. The van der Waals surface area contributed by atoms with Gasteiger partial charge in [-0.3, -0.25) is 4.79 Å². The maximum atomic E-state index is 10.7. The van der Waals surface area contributed by atoms with Gasteiger partial charge >= 0.3 is 5.97 Å². The predicted octanol–water partition coefficient (Wildman–Crippen LogP) is 1.32. The van der Waals surface area contributed by atoms with Crippen molar-refractivity contribution < 1.29 is 9.90 Å². The lowest BCUT2D eigenvalue weighted by molar-refractivity contribution is -0.136. The number of carbonyl (C=O) groups is 1. The Kier molecular flexibility index (Phi) is 6.20. The van der Waals surface area contributed by atoms with Gasteiger partial charge in [0.2, 0.25) is 0 Å². The van der Waals surface area contributed by atoms with Gasteiger partial charge < -0.3 is 10.8 Å². The van der Waals surface area contributed by atoms with Crippen molar-refractivity contribution >= 4 is 17.7 Å². The first kappa shape index (κ1) is 11.8. The normalized spacial score (nSPS) is 15.6. The number of carboxylic acid groups (broad SMARTS) is 1. The van der Waals surface area contributed by atoms with Gasteiger partial charge in [-0.25, -0.2) is 0 Å². The summed E-state index contributed by atoms with van der Waals surface area (Å²) in [7, 11) is 0. The summed E-state index contributed by atoms with van der Waals surface area (Å²) in [6, 6.07) is 0. The Bertz CT molecular complexity index is 141. The zero-order valence-corrected chi connectivity index (χ0v) is 8.43.